The largest absolute Gasteiger partial charge is 0.496 e. The van der Waals surface area contributed by atoms with Gasteiger partial charge in [0.05, 0.1) is 18.2 Å². The molecule has 0 aliphatic heterocycles. The number of ether oxygens (including phenoxy) is 1. The van der Waals surface area contributed by atoms with Gasteiger partial charge >= 0.3 is 0 Å². The maximum Gasteiger partial charge on any atom is 0.128 e. The molecule has 0 fully saturated rings. The first-order valence-corrected chi connectivity index (χ1v) is 5.09. The summed E-state index contributed by atoms with van der Waals surface area (Å²) in [7, 11) is 1.63. The Balaban J connectivity index is 2.73. The second kappa shape index (κ2) is 4.25. The monoisotopic (exact) mass is 215 g/mol. The molecule has 1 aromatic heterocycles. The second-order valence-electron chi connectivity index (χ2n) is 3.53. The maximum absolute atomic E-state index is 9.00. The number of nitrogens with two attached hydrogens (primary N) is 1. The third-order valence-corrected chi connectivity index (χ3v) is 2.63. The van der Waals surface area contributed by atoms with Crippen molar-refractivity contribution in [2.75, 3.05) is 13.7 Å². The van der Waals surface area contributed by atoms with Gasteiger partial charge in [0.2, 0.25) is 0 Å². The molecule has 2 aromatic rings. The lowest BCUT2D eigenvalue weighted by Gasteiger charge is -2.04. The maximum atomic E-state index is 9.00. The van der Waals surface area contributed by atoms with Crippen LogP contribution in [-0.4, -0.2) is 18.6 Å². The van der Waals surface area contributed by atoms with Gasteiger partial charge in [-0.25, -0.2) is 0 Å². The van der Waals surface area contributed by atoms with E-state index in [0.717, 1.165) is 28.6 Å². The Morgan fingerprint density at radius 2 is 2.31 bits per heavy atom. The Kier molecular flexibility index (Phi) is 2.80. The van der Waals surface area contributed by atoms with Crippen molar-refractivity contribution in [3.8, 4) is 11.8 Å². The number of aromatic amines is 1. The van der Waals surface area contributed by atoms with Crippen molar-refractivity contribution < 1.29 is 4.74 Å². The lowest BCUT2D eigenvalue weighted by molar-refractivity contribution is 0.419. The Bertz CT molecular complexity index is 551. The summed E-state index contributed by atoms with van der Waals surface area (Å²) in [6.45, 7) is 0.576. The number of aromatic nitrogens is 1. The Morgan fingerprint density at radius 1 is 1.50 bits per heavy atom. The molecule has 1 aromatic carbocycles. The summed E-state index contributed by atoms with van der Waals surface area (Å²) in [5, 5.41) is 9.97. The second-order valence-corrected chi connectivity index (χ2v) is 3.53. The molecular formula is C12H13N3O. The number of nitriles is 1. The number of nitrogens with zero attached hydrogens (tertiary/aromatic N) is 1. The van der Waals surface area contributed by atoms with Crippen LogP contribution in [0.15, 0.2) is 18.3 Å². The third-order valence-electron chi connectivity index (χ3n) is 2.63. The zero-order valence-corrected chi connectivity index (χ0v) is 9.08. The van der Waals surface area contributed by atoms with Gasteiger partial charge in [-0.05, 0) is 30.7 Å². The Morgan fingerprint density at radius 3 is 2.94 bits per heavy atom. The molecule has 2 rings (SSSR count). The van der Waals surface area contributed by atoms with Gasteiger partial charge in [-0.1, -0.05) is 0 Å². The first-order valence-electron chi connectivity index (χ1n) is 5.09. The topological polar surface area (TPSA) is 74.8 Å². The molecule has 0 spiro atoms. The highest BCUT2D eigenvalue weighted by Gasteiger charge is 2.12. The Labute approximate surface area is 93.6 Å². The molecule has 0 atom stereocenters. The molecule has 4 heteroatoms. The van der Waals surface area contributed by atoms with Crippen molar-refractivity contribution in [1.29, 1.82) is 5.26 Å². The van der Waals surface area contributed by atoms with Crippen molar-refractivity contribution in [3.63, 3.8) is 0 Å². The SMILES string of the molecule is COc1ccc(C#N)c2[nH]cc(CCN)c12. The average molecular weight is 215 g/mol. The molecule has 0 aliphatic rings. The number of hydrogen-bond donors (Lipinski definition) is 2. The van der Waals surface area contributed by atoms with E-state index in [-0.39, 0.29) is 0 Å². The fraction of sp³-hybridized carbons (Fsp3) is 0.250. The van der Waals surface area contributed by atoms with Crippen molar-refractivity contribution in [2.24, 2.45) is 5.73 Å². The number of H-pyrrole nitrogens is 1. The van der Waals surface area contributed by atoms with Crippen LogP contribution in [0.3, 0.4) is 0 Å². The number of methoxy groups -OCH3 is 1. The standard InChI is InChI=1S/C12H13N3O/c1-16-10-3-2-8(6-14)12-11(10)9(4-5-13)7-15-12/h2-3,7,15H,4-5,13H2,1H3. The van der Waals surface area contributed by atoms with Gasteiger partial charge in [-0.15, -0.1) is 0 Å². The van der Waals surface area contributed by atoms with E-state index in [4.69, 9.17) is 15.7 Å². The first-order chi connectivity index (χ1) is 7.81. The normalized spacial score (nSPS) is 10.3. The number of nitrogens with one attached hydrogen (secondary N) is 1. The average Bonchev–Trinajstić information content (AvgIpc) is 2.73. The van der Waals surface area contributed by atoms with Gasteiger partial charge < -0.3 is 15.5 Å². The van der Waals surface area contributed by atoms with Gasteiger partial charge in [0.25, 0.3) is 0 Å². The predicted molar refractivity (Wildman–Crippen MR) is 62.3 cm³/mol. The zero-order chi connectivity index (χ0) is 11.5. The molecule has 16 heavy (non-hydrogen) atoms. The number of rotatable bonds is 3. The van der Waals surface area contributed by atoms with E-state index in [2.05, 4.69) is 11.1 Å². The quantitative estimate of drug-likeness (QED) is 0.815. The predicted octanol–water partition coefficient (Wildman–Crippen LogP) is 1.55. The molecular weight excluding hydrogens is 202 g/mol. The summed E-state index contributed by atoms with van der Waals surface area (Å²) in [4.78, 5) is 3.11. The molecule has 0 radical (unpaired) electrons. The molecule has 0 aliphatic carbocycles. The number of fused-ring (bicyclic) bond motifs is 1. The minimum Gasteiger partial charge on any atom is -0.496 e. The van der Waals surface area contributed by atoms with Crippen molar-refractivity contribution in [2.45, 2.75) is 6.42 Å². The molecule has 0 unspecified atom stereocenters. The number of hydrogen-bond acceptors (Lipinski definition) is 3. The summed E-state index contributed by atoms with van der Waals surface area (Å²) in [6, 6.07) is 5.73. The lowest BCUT2D eigenvalue weighted by atomic mass is 10.1. The summed E-state index contributed by atoms with van der Waals surface area (Å²) in [6.07, 6.45) is 2.66. The van der Waals surface area contributed by atoms with Crippen molar-refractivity contribution >= 4 is 10.9 Å². The van der Waals surface area contributed by atoms with Crippen LogP contribution in [0.5, 0.6) is 5.75 Å². The fourth-order valence-corrected chi connectivity index (χ4v) is 1.90. The van der Waals surface area contributed by atoms with E-state index < -0.39 is 0 Å². The van der Waals surface area contributed by atoms with Crippen LogP contribution in [0.1, 0.15) is 11.1 Å². The van der Waals surface area contributed by atoms with E-state index in [9.17, 15) is 0 Å². The smallest absolute Gasteiger partial charge is 0.128 e. The van der Waals surface area contributed by atoms with Crippen LogP contribution in [0, 0.1) is 11.3 Å². The van der Waals surface area contributed by atoms with Crippen LogP contribution in [-0.2, 0) is 6.42 Å². The van der Waals surface area contributed by atoms with Crippen LogP contribution >= 0.6 is 0 Å². The zero-order valence-electron chi connectivity index (χ0n) is 9.08. The van der Waals surface area contributed by atoms with Crippen LogP contribution in [0.4, 0.5) is 0 Å². The molecule has 3 N–H and O–H groups in total. The highest BCUT2D eigenvalue weighted by atomic mass is 16.5. The molecule has 4 nitrogen and oxygen atoms in total. The first kappa shape index (κ1) is 10.5. The van der Waals surface area contributed by atoms with Gasteiger partial charge in [-0.2, -0.15) is 5.26 Å². The minimum absolute atomic E-state index is 0.576. The molecule has 1 heterocycles. The summed E-state index contributed by atoms with van der Waals surface area (Å²) in [5.74, 6) is 0.777. The molecule has 0 saturated heterocycles. The highest BCUT2D eigenvalue weighted by molar-refractivity contribution is 5.93. The summed E-state index contributed by atoms with van der Waals surface area (Å²) < 4.78 is 5.30. The molecule has 0 bridgehead atoms. The molecule has 0 amide bonds. The van der Waals surface area contributed by atoms with E-state index in [1.54, 1.807) is 13.2 Å². The third kappa shape index (κ3) is 1.51. The lowest BCUT2D eigenvalue weighted by Crippen LogP contribution is -2.02. The van der Waals surface area contributed by atoms with Gasteiger partial charge in [-0.3, -0.25) is 0 Å². The molecule has 0 saturated carbocycles. The van der Waals surface area contributed by atoms with Crippen LogP contribution in [0.25, 0.3) is 10.9 Å². The van der Waals surface area contributed by atoms with Gasteiger partial charge in [0.1, 0.15) is 11.8 Å². The number of benzene rings is 1. The summed E-state index contributed by atoms with van der Waals surface area (Å²) in [5.41, 5.74) is 8.09. The van der Waals surface area contributed by atoms with Gasteiger partial charge in [0.15, 0.2) is 0 Å². The fourth-order valence-electron chi connectivity index (χ4n) is 1.90. The summed E-state index contributed by atoms with van der Waals surface area (Å²) >= 11 is 0. The van der Waals surface area contributed by atoms with Gasteiger partial charge in [0, 0.05) is 11.6 Å². The highest BCUT2D eigenvalue weighted by Crippen LogP contribution is 2.31. The van der Waals surface area contributed by atoms with E-state index >= 15 is 0 Å². The Hall–Kier alpha value is -1.99. The van der Waals surface area contributed by atoms with Crippen LogP contribution < -0.4 is 10.5 Å². The minimum atomic E-state index is 0.576. The molecule has 82 valence electrons. The van der Waals surface area contributed by atoms with Crippen molar-refractivity contribution in [1.82, 2.24) is 4.98 Å². The van der Waals surface area contributed by atoms with E-state index in [0.29, 0.717) is 12.1 Å². The van der Waals surface area contributed by atoms with Crippen LogP contribution in [0.2, 0.25) is 0 Å². The van der Waals surface area contributed by atoms with E-state index in [1.807, 2.05) is 12.3 Å². The van der Waals surface area contributed by atoms with E-state index in [1.165, 1.54) is 0 Å². The van der Waals surface area contributed by atoms with Crippen molar-refractivity contribution in [3.05, 3.63) is 29.5 Å².